The lowest BCUT2D eigenvalue weighted by Crippen LogP contribution is -2.05. The standard InChI is InChI=1S/C17H24O2/c1-2-3-12-17(18)13-15-19-14-8-7-11-16-9-5-4-6-10-16/h2,4-6,9-10H,1,3,7-8,11-15H2. The zero-order chi connectivity index (χ0) is 13.8. The Bertz CT molecular complexity index is 357. The maximum Gasteiger partial charge on any atom is 0.135 e. The highest BCUT2D eigenvalue weighted by molar-refractivity contribution is 5.78. The van der Waals surface area contributed by atoms with Crippen LogP contribution in [0.15, 0.2) is 43.0 Å². The molecule has 0 saturated carbocycles. The van der Waals surface area contributed by atoms with Gasteiger partial charge in [0, 0.05) is 19.4 Å². The van der Waals surface area contributed by atoms with Crippen LogP contribution in [0.2, 0.25) is 0 Å². The van der Waals surface area contributed by atoms with E-state index in [-0.39, 0.29) is 5.78 Å². The number of aryl methyl sites for hydroxylation is 1. The van der Waals surface area contributed by atoms with Gasteiger partial charge in [0.15, 0.2) is 0 Å². The predicted octanol–water partition coefficient (Wildman–Crippen LogP) is 3.95. The monoisotopic (exact) mass is 260 g/mol. The van der Waals surface area contributed by atoms with Gasteiger partial charge in [-0.25, -0.2) is 0 Å². The van der Waals surface area contributed by atoms with Crippen molar-refractivity contribution in [1.82, 2.24) is 0 Å². The lowest BCUT2D eigenvalue weighted by Gasteiger charge is -2.04. The quantitative estimate of drug-likeness (QED) is 0.445. The van der Waals surface area contributed by atoms with Crippen LogP contribution in [-0.4, -0.2) is 19.0 Å². The number of hydrogen-bond acceptors (Lipinski definition) is 2. The van der Waals surface area contributed by atoms with E-state index in [4.69, 9.17) is 4.74 Å². The molecule has 19 heavy (non-hydrogen) atoms. The van der Waals surface area contributed by atoms with Crippen molar-refractivity contribution in [2.45, 2.75) is 38.5 Å². The van der Waals surface area contributed by atoms with Crippen molar-refractivity contribution in [3.05, 3.63) is 48.6 Å². The van der Waals surface area contributed by atoms with Gasteiger partial charge in [0.2, 0.25) is 0 Å². The molecule has 2 heteroatoms. The third-order valence-electron chi connectivity index (χ3n) is 3.00. The van der Waals surface area contributed by atoms with Crippen LogP contribution in [0, 0.1) is 0 Å². The molecule has 0 spiro atoms. The first kappa shape index (κ1) is 15.6. The number of unbranched alkanes of at least 4 members (excludes halogenated alkanes) is 1. The summed E-state index contributed by atoms with van der Waals surface area (Å²) in [5, 5.41) is 0. The molecule has 0 saturated heterocycles. The molecule has 0 bridgehead atoms. The maximum absolute atomic E-state index is 11.3. The Morgan fingerprint density at radius 1 is 1.11 bits per heavy atom. The summed E-state index contributed by atoms with van der Waals surface area (Å²) in [6.45, 7) is 4.91. The van der Waals surface area contributed by atoms with Crippen LogP contribution in [0.4, 0.5) is 0 Å². The van der Waals surface area contributed by atoms with E-state index in [0.717, 1.165) is 32.3 Å². The van der Waals surface area contributed by atoms with Crippen LogP contribution in [0.1, 0.15) is 37.7 Å². The highest BCUT2D eigenvalue weighted by Crippen LogP contribution is 2.04. The summed E-state index contributed by atoms with van der Waals surface area (Å²) in [7, 11) is 0. The van der Waals surface area contributed by atoms with Crippen molar-refractivity contribution in [1.29, 1.82) is 0 Å². The summed E-state index contributed by atoms with van der Waals surface area (Å²) < 4.78 is 5.48. The predicted molar refractivity (Wildman–Crippen MR) is 79.3 cm³/mol. The zero-order valence-electron chi connectivity index (χ0n) is 11.6. The van der Waals surface area contributed by atoms with Gasteiger partial charge in [-0.2, -0.15) is 0 Å². The minimum atomic E-state index is 0.268. The summed E-state index contributed by atoms with van der Waals surface area (Å²) in [5.74, 6) is 0.268. The minimum absolute atomic E-state index is 0.268. The molecular formula is C17H24O2. The van der Waals surface area contributed by atoms with Crippen molar-refractivity contribution < 1.29 is 9.53 Å². The Kier molecular flexibility index (Phi) is 8.65. The molecule has 0 heterocycles. The summed E-state index contributed by atoms with van der Waals surface area (Å²) in [4.78, 5) is 11.3. The Balaban J connectivity index is 1.91. The molecule has 0 fully saturated rings. The first-order chi connectivity index (χ1) is 9.33. The Hall–Kier alpha value is -1.41. The molecule has 1 aromatic rings. The van der Waals surface area contributed by atoms with Gasteiger partial charge in [-0.05, 0) is 31.2 Å². The summed E-state index contributed by atoms with van der Waals surface area (Å²) in [6, 6.07) is 10.5. The molecule has 0 N–H and O–H groups in total. The topological polar surface area (TPSA) is 26.3 Å². The van der Waals surface area contributed by atoms with Crippen molar-refractivity contribution >= 4 is 5.78 Å². The highest BCUT2D eigenvalue weighted by Gasteiger charge is 2.00. The summed E-state index contributed by atoms with van der Waals surface area (Å²) >= 11 is 0. The number of carbonyl (C=O) groups is 1. The number of ether oxygens (including phenoxy) is 1. The Morgan fingerprint density at radius 3 is 2.63 bits per heavy atom. The van der Waals surface area contributed by atoms with Gasteiger partial charge in [0.25, 0.3) is 0 Å². The fraction of sp³-hybridized carbons (Fsp3) is 0.471. The van der Waals surface area contributed by atoms with Gasteiger partial charge >= 0.3 is 0 Å². The lowest BCUT2D eigenvalue weighted by atomic mass is 10.1. The van der Waals surface area contributed by atoms with Crippen LogP contribution in [0.25, 0.3) is 0 Å². The number of rotatable bonds is 11. The molecule has 104 valence electrons. The summed E-state index contributed by atoms with van der Waals surface area (Å²) in [6.07, 6.45) is 6.97. The molecular weight excluding hydrogens is 236 g/mol. The molecule has 0 aliphatic rings. The lowest BCUT2D eigenvalue weighted by molar-refractivity contribution is -0.120. The van der Waals surface area contributed by atoms with E-state index in [2.05, 4.69) is 30.8 Å². The number of carbonyl (C=O) groups excluding carboxylic acids is 1. The van der Waals surface area contributed by atoms with Gasteiger partial charge in [-0.1, -0.05) is 36.4 Å². The molecule has 0 aromatic heterocycles. The SMILES string of the molecule is C=CCCC(=O)CCOCCCCc1ccccc1. The number of ketones is 1. The van der Waals surface area contributed by atoms with Crippen LogP contribution < -0.4 is 0 Å². The van der Waals surface area contributed by atoms with Crippen molar-refractivity contribution in [3.8, 4) is 0 Å². The number of hydrogen-bond donors (Lipinski definition) is 0. The Labute approximate surface area is 116 Å². The molecule has 2 nitrogen and oxygen atoms in total. The smallest absolute Gasteiger partial charge is 0.135 e. The second-order valence-electron chi connectivity index (χ2n) is 4.67. The third kappa shape index (κ3) is 8.33. The fourth-order valence-electron chi connectivity index (χ4n) is 1.85. The van der Waals surface area contributed by atoms with Crippen LogP contribution >= 0.6 is 0 Å². The first-order valence-corrected chi connectivity index (χ1v) is 7.07. The second kappa shape index (κ2) is 10.5. The normalized spacial score (nSPS) is 10.3. The van der Waals surface area contributed by atoms with Gasteiger partial charge in [-0.3, -0.25) is 4.79 Å². The van der Waals surface area contributed by atoms with E-state index in [9.17, 15) is 4.79 Å². The zero-order valence-corrected chi connectivity index (χ0v) is 11.6. The average Bonchev–Trinajstić information content (AvgIpc) is 2.45. The molecule has 0 atom stereocenters. The Morgan fingerprint density at radius 2 is 1.89 bits per heavy atom. The van der Waals surface area contributed by atoms with Crippen LogP contribution in [-0.2, 0) is 16.0 Å². The minimum Gasteiger partial charge on any atom is -0.381 e. The number of allylic oxidation sites excluding steroid dienone is 1. The average molecular weight is 260 g/mol. The summed E-state index contributed by atoms with van der Waals surface area (Å²) in [5.41, 5.74) is 1.38. The van der Waals surface area contributed by atoms with E-state index in [1.54, 1.807) is 6.08 Å². The molecule has 1 aromatic carbocycles. The molecule has 0 aliphatic carbocycles. The number of Topliss-reactive ketones (excluding diaryl/α,β-unsaturated/α-hetero) is 1. The molecule has 0 unspecified atom stereocenters. The van der Waals surface area contributed by atoms with Crippen LogP contribution in [0.5, 0.6) is 0 Å². The van der Waals surface area contributed by atoms with E-state index >= 15 is 0 Å². The van der Waals surface area contributed by atoms with E-state index in [1.165, 1.54) is 5.56 Å². The van der Waals surface area contributed by atoms with Gasteiger partial charge in [0.1, 0.15) is 5.78 Å². The third-order valence-corrected chi connectivity index (χ3v) is 3.00. The maximum atomic E-state index is 11.3. The molecule has 0 aliphatic heterocycles. The fourth-order valence-corrected chi connectivity index (χ4v) is 1.85. The highest BCUT2D eigenvalue weighted by atomic mass is 16.5. The van der Waals surface area contributed by atoms with E-state index in [1.807, 2.05) is 6.07 Å². The largest absolute Gasteiger partial charge is 0.381 e. The van der Waals surface area contributed by atoms with Gasteiger partial charge in [0.05, 0.1) is 6.61 Å². The van der Waals surface area contributed by atoms with Crippen molar-refractivity contribution in [2.24, 2.45) is 0 Å². The van der Waals surface area contributed by atoms with E-state index in [0.29, 0.717) is 19.4 Å². The van der Waals surface area contributed by atoms with Gasteiger partial charge < -0.3 is 4.74 Å². The van der Waals surface area contributed by atoms with Gasteiger partial charge in [-0.15, -0.1) is 6.58 Å². The molecule has 0 radical (unpaired) electrons. The molecule has 1 rings (SSSR count). The van der Waals surface area contributed by atoms with E-state index < -0.39 is 0 Å². The van der Waals surface area contributed by atoms with Crippen molar-refractivity contribution in [2.75, 3.05) is 13.2 Å². The second-order valence-corrected chi connectivity index (χ2v) is 4.67. The number of benzene rings is 1. The molecule has 0 amide bonds. The van der Waals surface area contributed by atoms with Crippen molar-refractivity contribution in [3.63, 3.8) is 0 Å². The first-order valence-electron chi connectivity index (χ1n) is 7.07. The van der Waals surface area contributed by atoms with Crippen LogP contribution in [0.3, 0.4) is 0 Å².